The van der Waals surface area contributed by atoms with Gasteiger partial charge in [0.2, 0.25) is 0 Å². The first kappa shape index (κ1) is 11.3. The number of carbonyl (C=O) groups excluding carboxylic acids is 2. The summed E-state index contributed by atoms with van der Waals surface area (Å²) in [4.78, 5) is 21.1. The Bertz CT molecular complexity index is 212. The molecule has 0 saturated carbocycles. The van der Waals surface area contributed by atoms with Gasteiger partial charge in [-0.15, -0.1) is 0 Å². The van der Waals surface area contributed by atoms with Gasteiger partial charge in [-0.25, -0.2) is 4.79 Å². The molecule has 68 valence electrons. The van der Waals surface area contributed by atoms with Gasteiger partial charge in [0.05, 0.1) is 6.26 Å². The van der Waals surface area contributed by atoms with E-state index in [1.54, 1.807) is 0 Å². The van der Waals surface area contributed by atoms with E-state index in [4.69, 9.17) is 23.2 Å². The SMILES string of the molecule is C=COC(=O)C(Cl)(Cl)OC(C)=O. The maximum atomic E-state index is 10.8. The fraction of sp³-hybridized carbons (Fsp3) is 0.333. The van der Waals surface area contributed by atoms with Crippen molar-refractivity contribution in [1.82, 2.24) is 0 Å². The Morgan fingerprint density at radius 2 is 2.00 bits per heavy atom. The van der Waals surface area contributed by atoms with Gasteiger partial charge in [0.1, 0.15) is 0 Å². The Balaban J connectivity index is 4.27. The van der Waals surface area contributed by atoms with Crippen LogP contribution in [0.5, 0.6) is 0 Å². The summed E-state index contributed by atoms with van der Waals surface area (Å²) in [5.41, 5.74) is 0. The summed E-state index contributed by atoms with van der Waals surface area (Å²) < 4.78 is 6.11. The highest BCUT2D eigenvalue weighted by Crippen LogP contribution is 2.24. The molecule has 0 spiro atoms. The molecule has 0 unspecified atom stereocenters. The van der Waals surface area contributed by atoms with Crippen molar-refractivity contribution < 1.29 is 19.1 Å². The smallest absolute Gasteiger partial charge is 0.388 e. The number of hydrogen-bond donors (Lipinski definition) is 0. The molecule has 0 amide bonds. The Kier molecular flexibility index (Phi) is 4.06. The van der Waals surface area contributed by atoms with Crippen molar-refractivity contribution in [3.63, 3.8) is 0 Å². The largest absolute Gasteiger partial charge is 0.430 e. The van der Waals surface area contributed by atoms with Crippen LogP contribution in [-0.2, 0) is 19.1 Å². The van der Waals surface area contributed by atoms with Gasteiger partial charge in [-0.05, 0) is 23.2 Å². The van der Waals surface area contributed by atoms with E-state index in [1.807, 2.05) is 0 Å². The third-order valence-corrected chi connectivity index (χ3v) is 1.16. The van der Waals surface area contributed by atoms with Crippen LogP contribution in [0.2, 0.25) is 0 Å². The number of halogens is 2. The van der Waals surface area contributed by atoms with Gasteiger partial charge in [0.25, 0.3) is 0 Å². The predicted octanol–water partition coefficient (Wildman–Crippen LogP) is 1.37. The summed E-state index contributed by atoms with van der Waals surface area (Å²) in [7, 11) is 0. The summed E-state index contributed by atoms with van der Waals surface area (Å²) in [6, 6.07) is 0. The third kappa shape index (κ3) is 3.59. The van der Waals surface area contributed by atoms with Crippen molar-refractivity contribution in [3.8, 4) is 0 Å². The minimum atomic E-state index is -2.31. The van der Waals surface area contributed by atoms with Gasteiger partial charge in [-0.3, -0.25) is 4.79 Å². The molecule has 0 rings (SSSR count). The van der Waals surface area contributed by atoms with E-state index in [2.05, 4.69) is 16.1 Å². The molecule has 0 atom stereocenters. The van der Waals surface area contributed by atoms with Crippen molar-refractivity contribution in [2.24, 2.45) is 0 Å². The molecule has 0 fully saturated rings. The molecule has 4 nitrogen and oxygen atoms in total. The van der Waals surface area contributed by atoms with Gasteiger partial charge >= 0.3 is 16.5 Å². The molecule has 0 aromatic rings. The summed E-state index contributed by atoms with van der Waals surface area (Å²) in [5.74, 6) is -1.91. The predicted molar refractivity (Wildman–Crippen MR) is 42.5 cm³/mol. The molecule has 0 aliphatic rings. The Morgan fingerprint density at radius 1 is 1.50 bits per heavy atom. The number of carbonyl (C=O) groups is 2. The van der Waals surface area contributed by atoms with Crippen molar-refractivity contribution in [2.45, 2.75) is 11.4 Å². The zero-order valence-corrected chi connectivity index (χ0v) is 7.69. The van der Waals surface area contributed by atoms with Gasteiger partial charge in [0.15, 0.2) is 0 Å². The second-order valence-corrected chi connectivity index (χ2v) is 2.94. The number of alkyl halides is 2. The normalized spacial score (nSPS) is 10.2. The van der Waals surface area contributed by atoms with Crippen LogP contribution < -0.4 is 0 Å². The van der Waals surface area contributed by atoms with Gasteiger partial charge in [0, 0.05) is 6.92 Å². The second-order valence-electron chi connectivity index (χ2n) is 1.68. The average molecular weight is 213 g/mol. The zero-order valence-electron chi connectivity index (χ0n) is 6.17. The third-order valence-electron chi connectivity index (χ3n) is 0.700. The summed E-state index contributed by atoms with van der Waals surface area (Å²) in [6.45, 7) is 4.15. The van der Waals surface area contributed by atoms with Crippen molar-refractivity contribution in [3.05, 3.63) is 12.8 Å². The van der Waals surface area contributed by atoms with E-state index in [0.29, 0.717) is 0 Å². The molecule has 0 aromatic carbocycles. The zero-order chi connectivity index (χ0) is 9.78. The topological polar surface area (TPSA) is 52.6 Å². The fourth-order valence-corrected chi connectivity index (χ4v) is 0.673. The van der Waals surface area contributed by atoms with Crippen LogP contribution in [-0.4, -0.2) is 16.5 Å². The lowest BCUT2D eigenvalue weighted by Crippen LogP contribution is -2.32. The van der Waals surface area contributed by atoms with Crippen LogP contribution in [0.1, 0.15) is 6.92 Å². The van der Waals surface area contributed by atoms with E-state index < -0.39 is 16.5 Å². The Hall–Kier alpha value is -0.740. The molecule has 12 heavy (non-hydrogen) atoms. The molecule has 0 aromatic heterocycles. The Morgan fingerprint density at radius 3 is 2.33 bits per heavy atom. The van der Waals surface area contributed by atoms with E-state index in [1.165, 1.54) is 0 Å². The highest BCUT2D eigenvalue weighted by Gasteiger charge is 2.39. The number of hydrogen-bond acceptors (Lipinski definition) is 4. The van der Waals surface area contributed by atoms with Gasteiger partial charge in [-0.2, -0.15) is 0 Å². The highest BCUT2D eigenvalue weighted by molar-refractivity contribution is 6.56. The fourth-order valence-electron chi connectivity index (χ4n) is 0.366. The van der Waals surface area contributed by atoms with Gasteiger partial charge < -0.3 is 9.47 Å². The van der Waals surface area contributed by atoms with Crippen LogP contribution >= 0.6 is 23.2 Å². The van der Waals surface area contributed by atoms with Crippen LogP contribution in [0, 0.1) is 0 Å². The van der Waals surface area contributed by atoms with E-state index in [0.717, 1.165) is 13.2 Å². The van der Waals surface area contributed by atoms with Crippen molar-refractivity contribution in [2.75, 3.05) is 0 Å². The lowest BCUT2D eigenvalue weighted by atomic mass is 10.7. The lowest BCUT2D eigenvalue weighted by molar-refractivity contribution is -0.160. The number of ether oxygens (including phenoxy) is 2. The quantitative estimate of drug-likeness (QED) is 0.403. The minimum absolute atomic E-state index is 0.791. The highest BCUT2D eigenvalue weighted by atomic mass is 35.5. The molecule has 0 heterocycles. The monoisotopic (exact) mass is 212 g/mol. The standard InChI is InChI=1S/C6H6Cl2O4/c1-3-11-5(10)6(7,8)12-4(2)9/h3H,1H2,2H3. The molecule has 0 N–H and O–H groups in total. The maximum Gasteiger partial charge on any atom is 0.388 e. The first-order chi connectivity index (χ1) is 5.40. The molecule has 0 aliphatic heterocycles. The number of esters is 2. The average Bonchev–Trinajstić information content (AvgIpc) is 1.85. The minimum Gasteiger partial charge on any atom is -0.430 e. The number of rotatable bonds is 3. The summed E-state index contributed by atoms with van der Waals surface area (Å²) in [5, 5.41) is 0. The van der Waals surface area contributed by atoms with E-state index in [-0.39, 0.29) is 0 Å². The first-order valence-electron chi connectivity index (χ1n) is 2.79. The van der Waals surface area contributed by atoms with Crippen LogP contribution in [0.3, 0.4) is 0 Å². The maximum absolute atomic E-state index is 10.8. The molecule has 6 heteroatoms. The first-order valence-corrected chi connectivity index (χ1v) is 3.55. The van der Waals surface area contributed by atoms with Crippen LogP contribution in [0.25, 0.3) is 0 Å². The molecule has 0 saturated heterocycles. The van der Waals surface area contributed by atoms with E-state index in [9.17, 15) is 9.59 Å². The second kappa shape index (κ2) is 4.33. The molecule has 0 bridgehead atoms. The molecular weight excluding hydrogens is 207 g/mol. The van der Waals surface area contributed by atoms with E-state index >= 15 is 0 Å². The van der Waals surface area contributed by atoms with Gasteiger partial charge in [-0.1, -0.05) is 6.58 Å². The Labute approximate surface area is 79.0 Å². The van der Waals surface area contributed by atoms with Crippen molar-refractivity contribution >= 4 is 35.1 Å². The van der Waals surface area contributed by atoms with Crippen molar-refractivity contribution in [1.29, 1.82) is 0 Å². The molecular formula is C6H6Cl2O4. The lowest BCUT2D eigenvalue weighted by Gasteiger charge is -2.15. The summed E-state index contributed by atoms with van der Waals surface area (Å²) in [6.07, 6.45) is 0.825. The van der Waals surface area contributed by atoms with Crippen LogP contribution in [0.15, 0.2) is 12.8 Å². The van der Waals surface area contributed by atoms with Crippen LogP contribution in [0.4, 0.5) is 0 Å². The molecule has 0 aliphatic carbocycles. The molecule has 0 radical (unpaired) electrons. The summed E-state index contributed by atoms with van der Waals surface area (Å²) >= 11 is 10.5.